The maximum Gasteiger partial charge on any atom is 0.272 e. The summed E-state index contributed by atoms with van der Waals surface area (Å²) in [6.45, 7) is 3.62. The lowest BCUT2D eigenvalue weighted by Gasteiger charge is -2.22. The van der Waals surface area contributed by atoms with Gasteiger partial charge in [-0.15, -0.1) is 0 Å². The monoisotopic (exact) mass is 346 g/mol. The Morgan fingerprint density at radius 3 is 2.68 bits per heavy atom. The van der Waals surface area contributed by atoms with Crippen molar-refractivity contribution in [2.75, 3.05) is 25.5 Å². The van der Waals surface area contributed by atoms with E-state index in [9.17, 15) is 9.18 Å². The van der Waals surface area contributed by atoms with E-state index < -0.39 is 11.5 Å². The van der Waals surface area contributed by atoms with E-state index in [0.29, 0.717) is 17.2 Å². The van der Waals surface area contributed by atoms with Crippen molar-refractivity contribution in [3.8, 4) is 0 Å². The van der Waals surface area contributed by atoms with Crippen LogP contribution >= 0.6 is 0 Å². The fourth-order valence-corrected chi connectivity index (χ4v) is 3.13. The minimum absolute atomic E-state index is 0.118. The molecule has 2 heterocycles. The Labute approximate surface area is 145 Å². The Morgan fingerprint density at radius 1 is 1.24 bits per heavy atom. The van der Waals surface area contributed by atoms with Gasteiger partial charge < -0.3 is 10.2 Å². The molecule has 1 unspecified atom stereocenters. The number of aromatic nitrogens is 2. The van der Waals surface area contributed by atoms with E-state index in [2.05, 4.69) is 15.3 Å². The highest BCUT2D eigenvalue weighted by atomic mass is 19.1. The number of likely N-dealkylation sites (tertiary alicyclic amines) is 1. The van der Waals surface area contributed by atoms with Crippen molar-refractivity contribution in [2.45, 2.75) is 25.9 Å². The van der Waals surface area contributed by atoms with Crippen molar-refractivity contribution in [3.63, 3.8) is 0 Å². The van der Waals surface area contributed by atoms with Gasteiger partial charge in [0.1, 0.15) is 11.5 Å². The summed E-state index contributed by atoms with van der Waals surface area (Å²) >= 11 is 0. The maximum atomic E-state index is 15.4. The summed E-state index contributed by atoms with van der Waals surface area (Å²) in [7, 11) is 1.66. The number of benzene rings is 1. The molecule has 5 nitrogen and oxygen atoms in total. The number of anilines is 1. The Bertz CT molecular complexity index is 806. The van der Waals surface area contributed by atoms with Crippen molar-refractivity contribution in [3.05, 3.63) is 52.6 Å². The molecule has 132 valence electrons. The molecule has 0 spiro atoms. The third-order valence-corrected chi connectivity index (χ3v) is 4.36. The zero-order valence-corrected chi connectivity index (χ0v) is 14.4. The summed E-state index contributed by atoms with van der Waals surface area (Å²) in [6.07, 6.45) is 0.130. The number of carbonyl (C=O) groups is 1. The predicted octanol–water partition coefficient (Wildman–Crippen LogP) is 2.99. The number of nitrogens with one attached hydrogen (secondary N) is 1. The smallest absolute Gasteiger partial charge is 0.272 e. The predicted molar refractivity (Wildman–Crippen MR) is 90.8 cm³/mol. The fourth-order valence-electron chi connectivity index (χ4n) is 3.13. The molecule has 1 atom stereocenters. The number of amides is 1. The average Bonchev–Trinajstić information content (AvgIpc) is 2.96. The second kappa shape index (κ2) is 6.38. The molecule has 3 rings (SSSR count). The van der Waals surface area contributed by atoms with Gasteiger partial charge in [0.25, 0.3) is 5.91 Å². The molecular weight excluding hydrogens is 326 g/mol. The van der Waals surface area contributed by atoms with Crippen LogP contribution in [0.25, 0.3) is 0 Å². The van der Waals surface area contributed by atoms with Gasteiger partial charge in [0.05, 0.1) is 6.54 Å². The number of aryl methyl sites for hydroxylation is 2. The van der Waals surface area contributed by atoms with Gasteiger partial charge in [-0.25, -0.2) is 18.7 Å². The van der Waals surface area contributed by atoms with Gasteiger partial charge in [-0.1, -0.05) is 6.07 Å². The van der Waals surface area contributed by atoms with Crippen LogP contribution in [0.2, 0.25) is 0 Å². The lowest BCUT2D eigenvalue weighted by Crippen LogP contribution is -2.33. The molecule has 2 aromatic rings. The van der Waals surface area contributed by atoms with Gasteiger partial charge in [-0.2, -0.15) is 0 Å². The van der Waals surface area contributed by atoms with Crippen LogP contribution in [0, 0.1) is 19.7 Å². The Kier molecular flexibility index (Phi) is 4.41. The first-order valence-electron chi connectivity index (χ1n) is 8.10. The second-order valence-corrected chi connectivity index (χ2v) is 6.43. The normalized spacial score (nSPS) is 20.0. The molecule has 25 heavy (non-hydrogen) atoms. The Balaban J connectivity index is 1.84. The highest BCUT2D eigenvalue weighted by Crippen LogP contribution is 2.37. The number of nitrogens with zero attached hydrogens (tertiary/aromatic N) is 3. The minimum atomic E-state index is -1.75. The molecule has 1 aliphatic heterocycles. The molecule has 0 bridgehead atoms. The third-order valence-electron chi connectivity index (χ3n) is 4.36. The topological polar surface area (TPSA) is 58.1 Å². The maximum absolute atomic E-state index is 15.4. The van der Waals surface area contributed by atoms with Crippen molar-refractivity contribution < 1.29 is 13.6 Å². The minimum Gasteiger partial charge on any atom is -0.357 e. The summed E-state index contributed by atoms with van der Waals surface area (Å²) in [5.41, 5.74) is 0.0406. The Morgan fingerprint density at radius 2 is 2.00 bits per heavy atom. The van der Waals surface area contributed by atoms with E-state index in [1.807, 2.05) is 0 Å². The van der Waals surface area contributed by atoms with Crippen LogP contribution in [-0.2, 0) is 5.67 Å². The highest BCUT2D eigenvalue weighted by molar-refractivity contribution is 5.93. The Hall–Kier alpha value is -2.57. The van der Waals surface area contributed by atoms with Crippen molar-refractivity contribution in [1.29, 1.82) is 0 Å². The second-order valence-electron chi connectivity index (χ2n) is 6.43. The van der Waals surface area contributed by atoms with Crippen LogP contribution in [0.1, 0.15) is 33.7 Å². The number of halogens is 2. The molecule has 1 saturated heterocycles. The molecule has 1 N–H and O–H groups in total. The number of alkyl halides is 1. The van der Waals surface area contributed by atoms with Crippen molar-refractivity contribution in [1.82, 2.24) is 14.9 Å². The van der Waals surface area contributed by atoms with Crippen LogP contribution in [0.15, 0.2) is 24.3 Å². The van der Waals surface area contributed by atoms with Gasteiger partial charge in [0, 0.05) is 25.7 Å². The third kappa shape index (κ3) is 3.45. The molecule has 0 radical (unpaired) electrons. The van der Waals surface area contributed by atoms with Gasteiger partial charge >= 0.3 is 0 Å². The van der Waals surface area contributed by atoms with E-state index >= 15 is 4.39 Å². The number of carbonyl (C=O) groups excluding carboxylic acids is 1. The molecule has 1 aromatic heterocycles. The molecule has 0 saturated carbocycles. The summed E-state index contributed by atoms with van der Waals surface area (Å²) in [6, 6.07) is 5.77. The van der Waals surface area contributed by atoms with Crippen molar-refractivity contribution in [2.24, 2.45) is 0 Å². The zero-order valence-electron chi connectivity index (χ0n) is 14.4. The van der Waals surface area contributed by atoms with Crippen molar-refractivity contribution >= 4 is 11.9 Å². The van der Waals surface area contributed by atoms with E-state index in [4.69, 9.17) is 0 Å². The van der Waals surface area contributed by atoms with Crippen LogP contribution in [0.3, 0.4) is 0 Å². The number of rotatable bonds is 3. The van der Waals surface area contributed by atoms with E-state index in [1.165, 1.54) is 17.0 Å². The number of hydrogen-bond donors (Lipinski definition) is 1. The van der Waals surface area contributed by atoms with E-state index in [1.54, 1.807) is 33.0 Å². The molecule has 1 aliphatic rings. The molecule has 1 aromatic carbocycles. The van der Waals surface area contributed by atoms with Crippen LogP contribution in [0.5, 0.6) is 0 Å². The first-order chi connectivity index (χ1) is 11.8. The largest absolute Gasteiger partial charge is 0.357 e. The average molecular weight is 346 g/mol. The fraction of sp³-hybridized carbons (Fsp3) is 0.389. The van der Waals surface area contributed by atoms with Gasteiger partial charge in [0.2, 0.25) is 5.95 Å². The highest BCUT2D eigenvalue weighted by Gasteiger charge is 2.42. The molecule has 7 heteroatoms. The summed E-state index contributed by atoms with van der Waals surface area (Å²) < 4.78 is 29.0. The summed E-state index contributed by atoms with van der Waals surface area (Å²) in [4.78, 5) is 22.4. The SMILES string of the molecule is CNc1nc(C)cc(C(=O)N2CCC(F)(c3cc(C)cc(F)c3)C2)n1. The molecule has 1 fully saturated rings. The van der Waals surface area contributed by atoms with E-state index in [0.717, 1.165) is 0 Å². The van der Waals surface area contributed by atoms with Crippen LogP contribution in [-0.4, -0.2) is 40.9 Å². The van der Waals surface area contributed by atoms with Gasteiger partial charge in [-0.05, 0) is 43.2 Å². The molecule has 0 aliphatic carbocycles. The van der Waals surface area contributed by atoms with Crippen LogP contribution < -0.4 is 5.32 Å². The first-order valence-corrected chi connectivity index (χ1v) is 8.10. The molecular formula is C18H20F2N4O. The standard InChI is InChI=1S/C18H20F2N4O/c1-11-6-13(9-14(19)7-11)18(20)4-5-24(10-18)16(25)15-8-12(2)22-17(21-3)23-15/h6-9H,4-5,10H2,1-3H3,(H,21,22,23). The lowest BCUT2D eigenvalue weighted by molar-refractivity contribution is 0.0744. The number of hydrogen-bond acceptors (Lipinski definition) is 4. The van der Waals surface area contributed by atoms with E-state index in [-0.39, 0.29) is 36.7 Å². The lowest BCUT2D eigenvalue weighted by atomic mass is 9.93. The molecule has 1 amide bonds. The zero-order chi connectivity index (χ0) is 18.2. The van der Waals surface area contributed by atoms with Crippen LogP contribution in [0.4, 0.5) is 14.7 Å². The first kappa shape index (κ1) is 17.3. The van der Waals surface area contributed by atoms with Gasteiger partial charge in [-0.3, -0.25) is 4.79 Å². The quantitative estimate of drug-likeness (QED) is 0.928. The van der Waals surface area contributed by atoms with Gasteiger partial charge in [0.15, 0.2) is 5.67 Å². The summed E-state index contributed by atoms with van der Waals surface area (Å²) in [5.74, 6) is -0.480. The summed E-state index contributed by atoms with van der Waals surface area (Å²) in [5, 5.41) is 2.80.